The maximum absolute atomic E-state index is 11.2. The first-order valence-corrected chi connectivity index (χ1v) is 7.95. The summed E-state index contributed by atoms with van der Waals surface area (Å²) in [4.78, 5) is 3.98. The Hall–Kier alpha value is -0.900. The summed E-state index contributed by atoms with van der Waals surface area (Å²) >= 11 is 0. The van der Waals surface area contributed by atoms with Crippen LogP contribution in [0.3, 0.4) is 0 Å². The fraction of sp³-hybridized carbons (Fsp3) is 0.875. The van der Waals surface area contributed by atoms with E-state index in [0.717, 1.165) is 18.8 Å². The summed E-state index contributed by atoms with van der Waals surface area (Å²) in [5.41, 5.74) is -0.883. The van der Waals surface area contributed by atoms with Crippen LogP contribution in [0.4, 0.5) is 0 Å². The molecule has 1 aromatic heterocycles. The molecule has 4 heteroatoms. The van der Waals surface area contributed by atoms with Gasteiger partial charge in [0.1, 0.15) is 12.7 Å². The Morgan fingerprint density at radius 2 is 1.90 bits per heavy atom. The first-order chi connectivity index (χ1) is 9.41. The summed E-state index contributed by atoms with van der Waals surface area (Å²) in [5, 5.41) is 15.3. The molecule has 0 bridgehead atoms. The van der Waals surface area contributed by atoms with E-state index in [-0.39, 0.29) is 5.41 Å². The fourth-order valence-corrected chi connectivity index (χ4v) is 3.19. The summed E-state index contributed by atoms with van der Waals surface area (Å²) in [7, 11) is 0. The van der Waals surface area contributed by atoms with Crippen LogP contribution in [0.2, 0.25) is 0 Å². The summed E-state index contributed by atoms with van der Waals surface area (Å²) in [6.45, 7) is 6.88. The minimum atomic E-state index is -0.724. The van der Waals surface area contributed by atoms with E-state index in [1.54, 1.807) is 11.0 Å². The zero-order valence-electron chi connectivity index (χ0n) is 13.2. The molecule has 1 atom stereocenters. The van der Waals surface area contributed by atoms with Gasteiger partial charge in [-0.05, 0) is 24.2 Å². The fourth-order valence-electron chi connectivity index (χ4n) is 3.19. The third-order valence-corrected chi connectivity index (χ3v) is 4.98. The maximum atomic E-state index is 11.2. The lowest BCUT2D eigenvalue weighted by Gasteiger charge is -2.41. The van der Waals surface area contributed by atoms with Crippen molar-refractivity contribution in [3.8, 4) is 0 Å². The number of aliphatic hydroxyl groups is 1. The number of aromatic nitrogens is 3. The highest BCUT2D eigenvalue weighted by Crippen LogP contribution is 2.38. The molecule has 1 saturated carbocycles. The zero-order valence-corrected chi connectivity index (χ0v) is 13.2. The first-order valence-electron chi connectivity index (χ1n) is 7.95. The lowest BCUT2D eigenvalue weighted by atomic mass is 9.71. The molecular formula is C16H29N3O. The van der Waals surface area contributed by atoms with Crippen molar-refractivity contribution in [1.29, 1.82) is 0 Å². The van der Waals surface area contributed by atoms with Crippen LogP contribution in [0.25, 0.3) is 0 Å². The molecule has 1 heterocycles. The van der Waals surface area contributed by atoms with Crippen LogP contribution < -0.4 is 0 Å². The van der Waals surface area contributed by atoms with Gasteiger partial charge < -0.3 is 5.11 Å². The van der Waals surface area contributed by atoms with Gasteiger partial charge in [0.15, 0.2) is 0 Å². The average molecular weight is 279 g/mol. The Balaban J connectivity index is 1.99. The predicted octanol–water partition coefficient (Wildman–Crippen LogP) is 3.42. The molecule has 0 saturated heterocycles. The van der Waals surface area contributed by atoms with Gasteiger partial charge in [-0.25, -0.2) is 4.98 Å². The highest BCUT2D eigenvalue weighted by Gasteiger charge is 2.40. The summed E-state index contributed by atoms with van der Waals surface area (Å²) in [6.07, 6.45) is 12.0. The summed E-state index contributed by atoms with van der Waals surface area (Å²) in [6, 6.07) is 0. The lowest BCUT2D eigenvalue weighted by molar-refractivity contribution is -0.0841. The second-order valence-electron chi connectivity index (χ2n) is 7.42. The quantitative estimate of drug-likeness (QED) is 0.898. The number of nitrogens with zero attached hydrogens (tertiary/aromatic N) is 3. The van der Waals surface area contributed by atoms with E-state index >= 15 is 0 Å². The molecule has 20 heavy (non-hydrogen) atoms. The predicted molar refractivity (Wildman–Crippen MR) is 80.2 cm³/mol. The molecule has 0 amide bonds. The van der Waals surface area contributed by atoms with Gasteiger partial charge in [0.25, 0.3) is 0 Å². The minimum absolute atomic E-state index is 0.159. The molecule has 0 aromatic carbocycles. The molecule has 1 fully saturated rings. The van der Waals surface area contributed by atoms with Gasteiger partial charge in [-0.3, -0.25) is 4.68 Å². The van der Waals surface area contributed by atoms with E-state index in [0.29, 0.717) is 6.54 Å². The van der Waals surface area contributed by atoms with Crippen molar-refractivity contribution in [2.75, 3.05) is 0 Å². The maximum Gasteiger partial charge on any atom is 0.137 e. The zero-order chi connectivity index (χ0) is 14.6. The molecule has 114 valence electrons. The van der Waals surface area contributed by atoms with Crippen LogP contribution >= 0.6 is 0 Å². The van der Waals surface area contributed by atoms with Crippen molar-refractivity contribution in [2.45, 2.75) is 77.9 Å². The van der Waals surface area contributed by atoms with Crippen LogP contribution in [-0.4, -0.2) is 25.5 Å². The van der Waals surface area contributed by atoms with Crippen molar-refractivity contribution >= 4 is 0 Å². The SMILES string of the molecule is CC(C)(C)C(O)(CCC1CCCCC1)Cn1cncn1. The topological polar surface area (TPSA) is 50.9 Å². The number of hydrogen-bond donors (Lipinski definition) is 1. The Labute approximate surface area is 122 Å². The Morgan fingerprint density at radius 3 is 2.45 bits per heavy atom. The molecule has 0 radical (unpaired) electrons. The molecule has 1 aliphatic rings. The number of rotatable bonds is 5. The highest BCUT2D eigenvalue weighted by atomic mass is 16.3. The van der Waals surface area contributed by atoms with Crippen molar-refractivity contribution in [3.63, 3.8) is 0 Å². The van der Waals surface area contributed by atoms with Crippen molar-refractivity contribution in [2.24, 2.45) is 11.3 Å². The van der Waals surface area contributed by atoms with Gasteiger partial charge in [0.2, 0.25) is 0 Å². The van der Waals surface area contributed by atoms with E-state index in [4.69, 9.17) is 0 Å². The summed E-state index contributed by atoms with van der Waals surface area (Å²) < 4.78 is 1.76. The van der Waals surface area contributed by atoms with E-state index in [1.165, 1.54) is 38.4 Å². The van der Waals surface area contributed by atoms with Gasteiger partial charge in [-0.1, -0.05) is 52.9 Å². The largest absolute Gasteiger partial charge is 0.387 e. The number of hydrogen-bond acceptors (Lipinski definition) is 3. The second-order valence-corrected chi connectivity index (χ2v) is 7.42. The molecule has 0 spiro atoms. The van der Waals surface area contributed by atoms with E-state index in [2.05, 4.69) is 30.9 Å². The average Bonchev–Trinajstić information content (AvgIpc) is 2.89. The summed E-state index contributed by atoms with van der Waals surface area (Å²) in [5.74, 6) is 0.799. The third-order valence-electron chi connectivity index (χ3n) is 4.98. The van der Waals surface area contributed by atoms with Crippen LogP contribution in [-0.2, 0) is 6.54 Å². The molecule has 2 rings (SSSR count). The van der Waals surface area contributed by atoms with E-state index in [9.17, 15) is 5.11 Å². The molecule has 1 aliphatic carbocycles. The van der Waals surface area contributed by atoms with E-state index in [1.807, 2.05) is 0 Å². The Kier molecular flexibility index (Phi) is 4.84. The third kappa shape index (κ3) is 3.81. The second kappa shape index (κ2) is 6.25. The van der Waals surface area contributed by atoms with Crippen LogP contribution in [0.5, 0.6) is 0 Å². The molecule has 1 unspecified atom stereocenters. The first kappa shape index (κ1) is 15.5. The van der Waals surface area contributed by atoms with E-state index < -0.39 is 5.60 Å². The van der Waals surface area contributed by atoms with Gasteiger partial charge in [-0.15, -0.1) is 0 Å². The highest BCUT2D eigenvalue weighted by molar-refractivity contribution is 4.91. The Morgan fingerprint density at radius 1 is 1.20 bits per heavy atom. The van der Waals surface area contributed by atoms with Crippen LogP contribution in [0.1, 0.15) is 65.7 Å². The monoisotopic (exact) mass is 279 g/mol. The molecule has 0 aliphatic heterocycles. The van der Waals surface area contributed by atoms with Gasteiger partial charge in [-0.2, -0.15) is 5.10 Å². The smallest absolute Gasteiger partial charge is 0.137 e. The minimum Gasteiger partial charge on any atom is -0.387 e. The van der Waals surface area contributed by atoms with Crippen molar-refractivity contribution < 1.29 is 5.11 Å². The van der Waals surface area contributed by atoms with Crippen molar-refractivity contribution in [1.82, 2.24) is 14.8 Å². The van der Waals surface area contributed by atoms with Crippen LogP contribution in [0, 0.1) is 11.3 Å². The van der Waals surface area contributed by atoms with Gasteiger partial charge in [0, 0.05) is 0 Å². The normalized spacial score (nSPS) is 20.8. The molecular weight excluding hydrogens is 250 g/mol. The molecule has 1 N–H and O–H groups in total. The lowest BCUT2D eigenvalue weighted by Crippen LogP contribution is -2.47. The molecule has 1 aromatic rings. The van der Waals surface area contributed by atoms with Gasteiger partial charge in [0.05, 0.1) is 12.1 Å². The standard InChI is InChI=1S/C16H29N3O/c1-15(2,3)16(20,11-19-13-17-12-18-19)10-9-14-7-5-4-6-8-14/h12-14,20H,4-11H2,1-3H3. The van der Waals surface area contributed by atoms with Crippen LogP contribution in [0.15, 0.2) is 12.7 Å². The Bertz CT molecular complexity index is 390. The van der Waals surface area contributed by atoms with Crippen molar-refractivity contribution in [3.05, 3.63) is 12.7 Å². The van der Waals surface area contributed by atoms with Gasteiger partial charge >= 0.3 is 0 Å². The molecule has 4 nitrogen and oxygen atoms in total.